The Hall–Kier alpha value is -3.03. The van der Waals surface area contributed by atoms with E-state index in [1.807, 2.05) is 18.2 Å². The Morgan fingerprint density at radius 2 is 2.17 bits per heavy atom. The van der Waals surface area contributed by atoms with Crippen molar-refractivity contribution in [2.75, 3.05) is 11.9 Å². The van der Waals surface area contributed by atoms with Crippen LogP contribution in [0.3, 0.4) is 0 Å². The molecule has 3 rings (SSSR count). The van der Waals surface area contributed by atoms with Gasteiger partial charge in [0.15, 0.2) is 5.69 Å². The minimum atomic E-state index is -1.13. The van der Waals surface area contributed by atoms with E-state index in [4.69, 9.17) is 5.11 Å². The van der Waals surface area contributed by atoms with Gasteiger partial charge in [-0.25, -0.2) is 14.8 Å². The fraction of sp³-hybridized carbons (Fsp3) is 0.312. The number of nitrogens with one attached hydrogen (secondary N) is 1. The van der Waals surface area contributed by atoms with Crippen molar-refractivity contribution in [3.63, 3.8) is 0 Å². The van der Waals surface area contributed by atoms with Crippen molar-refractivity contribution in [2.24, 2.45) is 0 Å². The third kappa shape index (κ3) is 3.65. The molecule has 2 N–H and O–H groups in total. The number of amides is 1. The number of hydrogen-bond donors (Lipinski definition) is 2. The topological polar surface area (TPSA) is 108 Å². The molecule has 2 aromatic rings. The van der Waals surface area contributed by atoms with Gasteiger partial charge < -0.3 is 15.3 Å². The molecule has 2 aromatic heterocycles. The maximum Gasteiger partial charge on any atom is 0.356 e. The molecule has 24 heavy (non-hydrogen) atoms. The Kier molecular flexibility index (Phi) is 4.64. The van der Waals surface area contributed by atoms with E-state index < -0.39 is 12.0 Å². The summed E-state index contributed by atoms with van der Waals surface area (Å²) in [7, 11) is 0. The van der Waals surface area contributed by atoms with Crippen LogP contribution in [0.25, 0.3) is 0 Å². The van der Waals surface area contributed by atoms with Crippen molar-refractivity contribution in [1.82, 2.24) is 19.9 Å². The standard InChI is InChI=1S/C16H17N5O3/c22-15-12(20-14-9-18-13(8-19-14)16(23)24)5-3-7-21(15)10-11-4-1-2-6-17-11/h1-2,4,6,8-9,12H,3,5,7,10H2,(H,19,20)(H,23,24). The predicted octanol–water partition coefficient (Wildman–Crippen LogP) is 1.17. The highest BCUT2D eigenvalue weighted by Gasteiger charge is 2.29. The molecule has 0 aliphatic carbocycles. The molecule has 8 heteroatoms. The van der Waals surface area contributed by atoms with Crippen LogP contribution in [0.15, 0.2) is 36.8 Å². The van der Waals surface area contributed by atoms with Gasteiger partial charge in [-0.2, -0.15) is 0 Å². The summed E-state index contributed by atoms with van der Waals surface area (Å²) in [6.45, 7) is 1.17. The first-order valence-corrected chi connectivity index (χ1v) is 7.64. The van der Waals surface area contributed by atoms with Gasteiger partial charge in [0.05, 0.1) is 24.6 Å². The summed E-state index contributed by atoms with van der Waals surface area (Å²) in [4.78, 5) is 37.2. The second kappa shape index (κ2) is 7.03. The number of likely N-dealkylation sites (tertiary alicyclic amines) is 1. The second-order valence-corrected chi connectivity index (χ2v) is 5.51. The molecule has 8 nitrogen and oxygen atoms in total. The largest absolute Gasteiger partial charge is 0.476 e. The highest BCUT2D eigenvalue weighted by molar-refractivity contribution is 5.86. The lowest BCUT2D eigenvalue weighted by Crippen LogP contribution is -2.47. The molecule has 3 heterocycles. The van der Waals surface area contributed by atoms with E-state index in [-0.39, 0.29) is 11.6 Å². The second-order valence-electron chi connectivity index (χ2n) is 5.51. The Labute approximate surface area is 138 Å². The van der Waals surface area contributed by atoms with Crippen LogP contribution in [0.5, 0.6) is 0 Å². The molecule has 1 unspecified atom stereocenters. The average Bonchev–Trinajstić information content (AvgIpc) is 2.60. The van der Waals surface area contributed by atoms with Gasteiger partial charge in [-0.3, -0.25) is 9.78 Å². The zero-order valence-corrected chi connectivity index (χ0v) is 12.9. The highest BCUT2D eigenvalue weighted by atomic mass is 16.4. The Balaban J connectivity index is 1.65. The third-order valence-electron chi connectivity index (χ3n) is 3.80. The predicted molar refractivity (Wildman–Crippen MR) is 85.3 cm³/mol. The van der Waals surface area contributed by atoms with Crippen molar-refractivity contribution >= 4 is 17.7 Å². The third-order valence-corrected chi connectivity index (χ3v) is 3.80. The molecule has 124 valence electrons. The molecule has 1 aliphatic rings. The van der Waals surface area contributed by atoms with Gasteiger partial charge in [-0.1, -0.05) is 6.07 Å². The average molecular weight is 327 g/mol. The van der Waals surface area contributed by atoms with Crippen molar-refractivity contribution in [3.05, 3.63) is 48.2 Å². The molecule has 1 saturated heterocycles. The number of aromatic carboxylic acids is 1. The van der Waals surface area contributed by atoms with Crippen molar-refractivity contribution in [1.29, 1.82) is 0 Å². The van der Waals surface area contributed by atoms with E-state index in [1.54, 1.807) is 11.1 Å². The summed E-state index contributed by atoms with van der Waals surface area (Å²) < 4.78 is 0. The van der Waals surface area contributed by atoms with E-state index in [2.05, 4.69) is 20.3 Å². The number of aromatic nitrogens is 3. The summed E-state index contributed by atoms with van der Waals surface area (Å²) in [5.41, 5.74) is 0.712. The summed E-state index contributed by atoms with van der Waals surface area (Å²) >= 11 is 0. The van der Waals surface area contributed by atoms with Crippen LogP contribution in [0.1, 0.15) is 29.0 Å². The summed E-state index contributed by atoms with van der Waals surface area (Å²) in [6.07, 6.45) is 5.77. The number of carbonyl (C=O) groups excluding carboxylic acids is 1. The molecule has 0 radical (unpaired) electrons. The first kappa shape index (κ1) is 15.9. The molecule has 0 aromatic carbocycles. The van der Waals surface area contributed by atoms with Crippen LogP contribution in [-0.4, -0.2) is 49.4 Å². The minimum absolute atomic E-state index is 0.0176. The normalized spacial score (nSPS) is 17.6. The molecule has 0 spiro atoms. The first-order valence-electron chi connectivity index (χ1n) is 7.64. The Morgan fingerprint density at radius 1 is 1.29 bits per heavy atom. The Bertz CT molecular complexity index is 720. The van der Waals surface area contributed by atoms with Crippen molar-refractivity contribution in [3.8, 4) is 0 Å². The zero-order valence-electron chi connectivity index (χ0n) is 12.9. The van der Waals surface area contributed by atoms with E-state index in [1.165, 1.54) is 12.4 Å². The lowest BCUT2D eigenvalue weighted by atomic mass is 10.0. The van der Waals surface area contributed by atoms with Crippen LogP contribution < -0.4 is 5.32 Å². The smallest absolute Gasteiger partial charge is 0.356 e. The fourth-order valence-electron chi connectivity index (χ4n) is 2.61. The van der Waals surface area contributed by atoms with Gasteiger partial charge in [-0.05, 0) is 25.0 Å². The lowest BCUT2D eigenvalue weighted by Gasteiger charge is -2.32. The quantitative estimate of drug-likeness (QED) is 0.848. The molecular formula is C16H17N5O3. The molecular weight excluding hydrogens is 310 g/mol. The van der Waals surface area contributed by atoms with Crippen molar-refractivity contribution in [2.45, 2.75) is 25.4 Å². The number of carboxylic acids is 1. The monoisotopic (exact) mass is 327 g/mol. The first-order chi connectivity index (χ1) is 11.6. The van der Waals surface area contributed by atoms with Crippen LogP contribution in [0.2, 0.25) is 0 Å². The van der Waals surface area contributed by atoms with Crippen molar-refractivity contribution < 1.29 is 14.7 Å². The van der Waals surface area contributed by atoms with E-state index in [0.29, 0.717) is 25.3 Å². The summed E-state index contributed by atoms with van der Waals surface area (Å²) in [5, 5.41) is 11.9. The molecule has 1 amide bonds. The van der Waals surface area contributed by atoms with Gasteiger partial charge in [0.2, 0.25) is 5.91 Å². The van der Waals surface area contributed by atoms with Crippen LogP contribution in [-0.2, 0) is 11.3 Å². The number of nitrogens with zero attached hydrogens (tertiary/aromatic N) is 4. The van der Waals surface area contributed by atoms with Gasteiger partial charge in [-0.15, -0.1) is 0 Å². The molecule has 1 fully saturated rings. The summed E-state index contributed by atoms with van der Waals surface area (Å²) in [5.74, 6) is -0.765. The van der Waals surface area contributed by atoms with Gasteiger partial charge in [0.25, 0.3) is 0 Å². The number of pyridine rings is 1. The van der Waals surface area contributed by atoms with Gasteiger partial charge in [0, 0.05) is 12.7 Å². The fourth-order valence-corrected chi connectivity index (χ4v) is 2.61. The molecule has 1 aliphatic heterocycles. The number of piperidine rings is 1. The SMILES string of the molecule is O=C(O)c1cnc(NC2CCCN(Cc3ccccn3)C2=O)cn1. The molecule has 0 bridgehead atoms. The van der Waals surface area contributed by atoms with Crippen LogP contribution in [0, 0.1) is 0 Å². The minimum Gasteiger partial charge on any atom is -0.476 e. The van der Waals surface area contributed by atoms with Gasteiger partial charge in [0.1, 0.15) is 11.9 Å². The lowest BCUT2D eigenvalue weighted by molar-refractivity contribution is -0.134. The van der Waals surface area contributed by atoms with Crippen LogP contribution in [0.4, 0.5) is 5.82 Å². The van der Waals surface area contributed by atoms with E-state index in [0.717, 1.165) is 12.1 Å². The number of carbonyl (C=O) groups is 2. The molecule has 0 saturated carbocycles. The summed E-state index contributed by atoms with van der Waals surface area (Å²) in [6, 6.07) is 5.23. The number of anilines is 1. The van der Waals surface area contributed by atoms with E-state index in [9.17, 15) is 9.59 Å². The number of rotatable bonds is 5. The maximum absolute atomic E-state index is 12.6. The zero-order chi connectivity index (χ0) is 16.9. The Morgan fingerprint density at radius 3 is 2.83 bits per heavy atom. The number of carboxylic acid groups (broad SMARTS) is 1. The number of hydrogen-bond acceptors (Lipinski definition) is 6. The van der Waals surface area contributed by atoms with E-state index >= 15 is 0 Å². The van der Waals surface area contributed by atoms with Gasteiger partial charge >= 0.3 is 5.97 Å². The maximum atomic E-state index is 12.6. The van der Waals surface area contributed by atoms with Crippen LogP contribution >= 0.6 is 0 Å². The molecule has 1 atom stereocenters. The highest BCUT2D eigenvalue weighted by Crippen LogP contribution is 2.17.